The summed E-state index contributed by atoms with van der Waals surface area (Å²) in [6.07, 6.45) is 0.215. The lowest BCUT2D eigenvalue weighted by molar-refractivity contribution is -0.122. The van der Waals surface area contributed by atoms with Crippen LogP contribution in [0.2, 0.25) is 0 Å². The van der Waals surface area contributed by atoms with Crippen LogP contribution in [-0.2, 0) is 9.53 Å². The number of hydrogen-bond donors (Lipinski definition) is 3. The van der Waals surface area contributed by atoms with Crippen molar-refractivity contribution in [3.8, 4) is 0 Å². The Morgan fingerprint density at radius 3 is 1.67 bits per heavy atom. The predicted octanol–water partition coefficient (Wildman–Crippen LogP) is 0.0606. The van der Waals surface area contributed by atoms with Crippen molar-refractivity contribution >= 4 is 6.47 Å². The van der Waals surface area contributed by atoms with Crippen LogP contribution in [0.25, 0.3) is 0 Å². The number of hydrogen-bond acceptors (Lipinski definition) is 4. The third-order valence-electron chi connectivity index (χ3n) is 0.547. The summed E-state index contributed by atoms with van der Waals surface area (Å²) in [5, 5.41) is 23.1. The van der Waals surface area contributed by atoms with Gasteiger partial charge in [0.1, 0.15) is 0 Å². The lowest BCUT2D eigenvalue weighted by atomic mass is 10.3. The molecule has 0 unspecified atom stereocenters. The molecule has 0 amide bonds. The van der Waals surface area contributed by atoms with Crippen LogP contribution in [0, 0.1) is 0 Å². The fourth-order valence-corrected chi connectivity index (χ4v) is 0.258. The first kappa shape index (κ1) is 17.4. The normalized spacial score (nSPS) is 7.50. The van der Waals surface area contributed by atoms with Crippen molar-refractivity contribution < 1.29 is 24.9 Å². The van der Waals surface area contributed by atoms with E-state index in [9.17, 15) is 0 Å². The van der Waals surface area contributed by atoms with E-state index in [1.807, 2.05) is 6.92 Å². The van der Waals surface area contributed by atoms with Gasteiger partial charge in [-0.05, 0) is 6.42 Å². The van der Waals surface area contributed by atoms with Crippen LogP contribution in [0.3, 0.4) is 0 Å². The molecule has 0 saturated heterocycles. The molecule has 3 N–H and O–H groups in total. The van der Waals surface area contributed by atoms with Gasteiger partial charge in [0.15, 0.2) is 6.29 Å². The molecule has 0 heterocycles. The minimum Gasteiger partial charge on any atom is -0.483 e. The van der Waals surface area contributed by atoms with Crippen LogP contribution in [0.5, 0.6) is 0 Å². The highest BCUT2D eigenvalue weighted by Crippen LogP contribution is 1.88. The van der Waals surface area contributed by atoms with E-state index in [-0.39, 0.29) is 6.47 Å². The van der Waals surface area contributed by atoms with Gasteiger partial charge in [-0.25, -0.2) is 0 Å². The molecule has 0 spiro atoms. The fourth-order valence-electron chi connectivity index (χ4n) is 0.258. The second-order valence-electron chi connectivity index (χ2n) is 1.78. The molecule has 12 heavy (non-hydrogen) atoms. The Morgan fingerprint density at radius 2 is 1.67 bits per heavy atom. The highest BCUT2D eigenvalue weighted by Gasteiger charge is 1.89. The van der Waals surface area contributed by atoms with E-state index in [1.165, 1.54) is 0 Å². The maximum atomic E-state index is 8.36. The Bertz CT molecular complexity index is 64.8. The smallest absolute Gasteiger partial charge is 0.290 e. The largest absolute Gasteiger partial charge is 0.483 e. The van der Waals surface area contributed by atoms with Crippen molar-refractivity contribution in [2.75, 3.05) is 14.2 Å². The number of aliphatic hydroxyl groups excluding tert-OH is 1. The summed E-state index contributed by atoms with van der Waals surface area (Å²) >= 11 is 0. The molecule has 0 bridgehead atoms. The molecular weight excluding hydrogens is 164 g/mol. The van der Waals surface area contributed by atoms with E-state index in [2.05, 4.69) is 4.74 Å². The Hall–Kier alpha value is -0.650. The summed E-state index contributed by atoms with van der Waals surface area (Å²) in [7, 11) is 3.25. The highest BCUT2D eigenvalue weighted by molar-refractivity contribution is 5.32. The van der Waals surface area contributed by atoms with Gasteiger partial charge >= 0.3 is 0 Å². The Kier molecular flexibility index (Phi) is 32.6. The molecule has 0 aliphatic rings. The molecule has 0 saturated carbocycles. The van der Waals surface area contributed by atoms with E-state index >= 15 is 0 Å². The van der Waals surface area contributed by atoms with Crippen molar-refractivity contribution in [2.24, 2.45) is 0 Å². The van der Waals surface area contributed by atoms with Crippen molar-refractivity contribution in [1.29, 1.82) is 0 Å². The molecule has 0 aliphatic carbocycles. The Labute approximate surface area is 72.6 Å². The summed E-state index contributed by atoms with van der Waals surface area (Å²) in [6, 6.07) is 0. The lowest BCUT2D eigenvalue weighted by Crippen LogP contribution is -2.01. The lowest BCUT2D eigenvalue weighted by Gasteiger charge is -1.94. The first-order valence-corrected chi connectivity index (χ1v) is 3.44. The van der Waals surface area contributed by atoms with Gasteiger partial charge in [-0.3, -0.25) is 4.79 Å². The monoisotopic (exact) mass is 182 g/mol. The van der Waals surface area contributed by atoms with E-state index in [0.717, 1.165) is 6.42 Å². The van der Waals surface area contributed by atoms with Gasteiger partial charge in [0.25, 0.3) is 6.47 Å². The van der Waals surface area contributed by atoms with Gasteiger partial charge in [0, 0.05) is 14.2 Å². The number of ether oxygens (including phenoxy) is 1. The molecular formula is C7H18O5. The highest BCUT2D eigenvalue weighted by atomic mass is 16.5. The van der Waals surface area contributed by atoms with E-state index in [4.69, 9.17) is 20.1 Å². The first-order valence-electron chi connectivity index (χ1n) is 3.44. The summed E-state index contributed by atoms with van der Waals surface area (Å²) in [6.45, 7) is 1.65. The summed E-state index contributed by atoms with van der Waals surface area (Å²) in [4.78, 5) is 8.36. The molecule has 0 aromatic heterocycles. The Morgan fingerprint density at radius 1 is 1.42 bits per heavy atom. The minimum atomic E-state index is -1.10. The third kappa shape index (κ3) is 118. The summed E-state index contributed by atoms with van der Waals surface area (Å²) in [5.41, 5.74) is 0. The zero-order valence-corrected chi connectivity index (χ0v) is 7.73. The summed E-state index contributed by atoms with van der Waals surface area (Å²) < 4.78 is 4.25. The molecule has 0 radical (unpaired) electrons. The van der Waals surface area contributed by atoms with Gasteiger partial charge in [0.2, 0.25) is 0 Å². The SMILES string of the molecule is CCCC(O)O.COC.O=CO. The van der Waals surface area contributed by atoms with Crippen LogP contribution in [0.4, 0.5) is 0 Å². The maximum absolute atomic E-state index is 8.36. The third-order valence-corrected chi connectivity index (χ3v) is 0.547. The number of methoxy groups -OCH3 is 1. The first-order chi connectivity index (χ1) is 5.60. The van der Waals surface area contributed by atoms with Crippen molar-refractivity contribution in [2.45, 2.75) is 26.1 Å². The molecule has 5 nitrogen and oxygen atoms in total. The predicted molar refractivity (Wildman–Crippen MR) is 44.8 cm³/mol. The van der Waals surface area contributed by atoms with Crippen LogP contribution >= 0.6 is 0 Å². The molecule has 5 heteroatoms. The van der Waals surface area contributed by atoms with Gasteiger partial charge in [-0.15, -0.1) is 0 Å². The van der Waals surface area contributed by atoms with E-state index in [1.54, 1.807) is 14.2 Å². The molecule has 0 atom stereocenters. The van der Waals surface area contributed by atoms with Crippen molar-refractivity contribution in [3.63, 3.8) is 0 Å². The van der Waals surface area contributed by atoms with Crippen LogP contribution < -0.4 is 0 Å². The van der Waals surface area contributed by atoms with Crippen LogP contribution in [-0.4, -0.2) is 42.3 Å². The molecule has 0 aromatic carbocycles. The fraction of sp³-hybridized carbons (Fsp3) is 0.857. The number of rotatable bonds is 2. The second-order valence-corrected chi connectivity index (χ2v) is 1.78. The van der Waals surface area contributed by atoms with Gasteiger partial charge < -0.3 is 20.1 Å². The van der Waals surface area contributed by atoms with Crippen LogP contribution in [0.1, 0.15) is 19.8 Å². The Balaban J connectivity index is -0.000000115. The molecule has 76 valence electrons. The number of carboxylic acid groups (broad SMARTS) is 1. The zero-order chi connectivity index (χ0) is 10.4. The van der Waals surface area contributed by atoms with Gasteiger partial charge in [-0.1, -0.05) is 13.3 Å². The zero-order valence-electron chi connectivity index (χ0n) is 7.73. The van der Waals surface area contributed by atoms with Crippen LogP contribution in [0.15, 0.2) is 0 Å². The molecule has 0 aromatic rings. The topological polar surface area (TPSA) is 87.0 Å². The quantitative estimate of drug-likeness (QED) is 0.415. The second kappa shape index (κ2) is 22.4. The van der Waals surface area contributed by atoms with E-state index in [0.29, 0.717) is 6.42 Å². The van der Waals surface area contributed by atoms with E-state index < -0.39 is 6.29 Å². The van der Waals surface area contributed by atoms with Crippen molar-refractivity contribution in [3.05, 3.63) is 0 Å². The van der Waals surface area contributed by atoms with Gasteiger partial charge in [-0.2, -0.15) is 0 Å². The standard InChI is InChI=1S/C4H10O2.C2H6O.CH2O2/c1-2-3-4(5)6;1-3-2;2-1-3/h4-6H,2-3H2,1H3;1-2H3;1H,(H,2,3). The van der Waals surface area contributed by atoms with Crippen molar-refractivity contribution in [1.82, 2.24) is 0 Å². The molecule has 0 aliphatic heterocycles. The average Bonchev–Trinajstić information content (AvgIpc) is 1.89. The number of aliphatic hydroxyl groups is 2. The number of carbonyl (C=O) groups is 1. The maximum Gasteiger partial charge on any atom is 0.290 e. The minimum absolute atomic E-state index is 0.250. The summed E-state index contributed by atoms with van der Waals surface area (Å²) in [5.74, 6) is 0. The molecule has 0 rings (SSSR count). The van der Waals surface area contributed by atoms with Gasteiger partial charge in [0.05, 0.1) is 0 Å². The molecule has 0 fully saturated rings. The average molecular weight is 182 g/mol.